The van der Waals surface area contributed by atoms with E-state index in [1.165, 1.54) is 0 Å². The van der Waals surface area contributed by atoms with Gasteiger partial charge in [0.2, 0.25) is 5.91 Å². The molecular weight excluding hydrogens is 394 g/mol. The number of nitrogens with zero attached hydrogens (tertiary/aromatic N) is 3. The molecule has 31 heavy (non-hydrogen) atoms. The second kappa shape index (κ2) is 8.77. The third kappa shape index (κ3) is 5.11. The molecule has 4 amide bonds. The summed E-state index contributed by atoms with van der Waals surface area (Å²) < 4.78 is 0. The van der Waals surface area contributed by atoms with Crippen LogP contribution in [0.3, 0.4) is 0 Å². The van der Waals surface area contributed by atoms with Gasteiger partial charge in [0, 0.05) is 30.4 Å². The van der Waals surface area contributed by atoms with E-state index < -0.39 is 5.54 Å². The molecule has 2 heterocycles. The van der Waals surface area contributed by atoms with Crippen molar-refractivity contribution in [3.05, 3.63) is 30.3 Å². The summed E-state index contributed by atoms with van der Waals surface area (Å²) in [6, 6.07) is 9.75. The predicted molar refractivity (Wildman–Crippen MR) is 121 cm³/mol. The largest absolute Gasteiger partial charge is 0.352 e. The summed E-state index contributed by atoms with van der Waals surface area (Å²) in [5, 5.41) is 5.87. The van der Waals surface area contributed by atoms with Gasteiger partial charge in [-0.3, -0.25) is 9.59 Å². The molecule has 0 unspecified atom stereocenters. The number of anilines is 1. The highest BCUT2D eigenvalue weighted by Crippen LogP contribution is 2.39. The van der Waals surface area contributed by atoms with Crippen molar-refractivity contribution in [1.82, 2.24) is 20.4 Å². The Morgan fingerprint density at radius 1 is 1.10 bits per heavy atom. The lowest BCUT2D eigenvalue weighted by Crippen LogP contribution is -2.59. The summed E-state index contributed by atoms with van der Waals surface area (Å²) in [4.78, 5) is 44.1. The van der Waals surface area contributed by atoms with E-state index in [9.17, 15) is 14.4 Å². The summed E-state index contributed by atoms with van der Waals surface area (Å²) in [7, 11) is 0. The van der Waals surface area contributed by atoms with Crippen LogP contribution in [0.4, 0.5) is 10.5 Å². The Morgan fingerprint density at radius 2 is 1.71 bits per heavy atom. The summed E-state index contributed by atoms with van der Waals surface area (Å²) in [6.07, 6.45) is 1.06. The summed E-state index contributed by atoms with van der Waals surface area (Å²) in [5.41, 5.74) is -0.0977. The lowest BCUT2D eigenvalue weighted by molar-refractivity contribution is -0.137. The van der Waals surface area contributed by atoms with Crippen LogP contribution in [0, 0.1) is 0 Å². The van der Waals surface area contributed by atoms with Crippen LogP contribution in [-0.4, -0.2) is 71.1 Å². The van der Waals surface area contributed by atoms with Crippen LogP contribution < -0.4 is 15.5 Å². The standard InChI is InChI=1S/C23H35N5O3/c1-17(2)24-19(29)15-27-16-28(18-9-7-6-8-10-18)23(20(27)30)11-13-26(14-12-23)21(31)25-22(3,4)5/h6-10,17H,11-16H2,1-5H3,(H,24,29)(H,25,31). The Labute approximate surface area is 184 Å². The molecule has 8 nitrogen and oxygen atoms in total. The van der Waals surface area contributed by atoms with Crippen LogP contribution in [0.25, 0.3) is 0 Å². The van der Waals surface area contributed by atoms with Gasteiger partial charge in [-0.2, -0.15) is 0 Å². The topological polar surface area (TPSA) is 85.0 Å². The van der Waals surface area contributed by atoms with Crippen molar-refractivity contribution >= 4 is 23.5 Å². The Bertz CT molecular complexity index is 810. The number of benzene rings is 1. The molecule has 170 valence electrons. The van der Waals surface area contributed by atoms with Gasteiger partial charge >= 0.3 is 6.03 Å². The molecule has 1 aromatic carbocycles. The van der Waals surface area contributed by atoms with Crippen molar-refractivity contribution in [2.75, 3.05) is 31.2 Å². The van der Waals surface area contributed by atoms with E-state index >= 15 is 0 Å². The maximum atomic E-state index is 13.6. The fraction of sp³-hybridized carbons (Fsp3) is 0.609. The smallest absolute Gasteiger partial charge is 0.317 e. The number of urea groups is 1. The van der Waals surface area contributed by atoms with E-state index in [2.05, 4.69) is 15.5 Å². The molecule has 2 aliphatic rings. The molecule has 0 radical (unpaired) electrons. The highest BCUT2D eigenvalue weighted by atomic mass is 16.2. The van der Waals surface area contributed by atoms with Crippen molar-refractivity contribution in [2.45, 2.75) is 64.6 Å². The van der Waals surface area contributed by atoms with E-state index in [0.717, 1.165) is 5.69 Å². The summed E-state index contributed by atoms with van der Waals surface area (Å²) >= 11 is 0. The van der Waals surface area contributed by atoms with Crippen molar-refractivity contribution < 1.29 is 14.4 Å². The third-order valence-corrected chi connectivity index (χ3v) is 5.73. The fourth-order valence-electron chi connectivity index (χ4n) is 4.34. The predicted octanol–water partition coefficient (Wildman–Crippen LogP) is 2.16. The summed E-state index contributed by atoms with van der Waals surface area (Å²) in [5.74, 6) is -0.193. The number of likely N-dealkylation sites (tertiary alicyclic amines) is 1. The van der Waals surface area contributed by atoms with Gasteiger partial charge in [-0.1, -0.05) is 18.2 Å². The first-order valence-electron chi connectivity index (χ1n) is 11.0. The zero-order valence-corrected chi connectivity index (χ0v) is 19.3. The molecule has 8 heteroatoms. The van der Waals surface area contributed by atoms with Gasteiger partial charge in [0.05, 0.1) is 6.67 Å². The molecule has 0 aromatic heterocycles. The number of amides is 4. The highest BCUT2D eigenvalue weighted by Gasteiger charge is 2.54. The van der Waals surface area contributed by atoms with E-state index in [-0.39, 0.29) is 36.0 Å². The SMILES string of the molecule is CC(C)NC(=O)CN1CN(c2ccccc2)C2(CCN(C(=O)NC(C)(C)C)CC2)C1=O. The Hall–Kier alpha value is -2.77. The number of carbonyl (C=O) groups is 3. The molecule has 1 spiro atoms. The number of hydrogen-bond acceptors (Lipinski definition) is 4. The first-order valence-corrected chi connectivity index (χ1v) is 11.0. The summed E-state index contributed by atoms with van der Waals surface area (Å²) in [6.45, 7) is 11.0. The minimum Gasteiger partial charge on any atom is -0.352 e. The maximum Gasteiger partial charge on any atom is 0.317 e. The van der Waals surface area contributed by atoms with Gasteiger partial charge < -0.3 is 25.3 Å². The Balaban J connectivity index is 1.80. The van der Waals surface area contributed by atoms with Crippen molar-refractivity contribution in [1.29, 1.82) is 0 Å². The minimum atomic E-state index is -0.738. The van der Waals surface area contributed by atoms with Crippen molar-refractivity contribution in [2.24, 2.45) is 0 Å². The van der Waals surface area contributed by atoms with Crippen molar-refractivity contribution in [3.63, 3.8) is 0 Å². The quantitative estimate of drug-likeness (QED) is 0.768. The molecule has 0 atom stereocenters. The molecule has 3 rings (SSSR count). The van der Waals surface area contributed by atoms with Crippen molar-refractivity contribution in [3.8, 4) is 0 Å². The van der Waals surface area contributed by atoms with Gasteiger partial charge in [0.15, 0.2) is 0 Å². The number of nitrogens with one attached hydrogen (secondary N) is 2. The zero-order chi connectivity index (χ0) is 22.8. The number of piperidine rings is 1. The van der Waals surface area contributed by atoms with Gasteiger partial charge in [0.1, 0.15) is 12.1 Å². The number of carbonyl (C=O) groups excluding carboxylic acids is 3. The average molecular weight is 430 g/mol. The Morgan fingerprint density at radius 3 is 2.26 bits per heavy atom. The van der Waals surface area contributed by atoms with E-state index in [1.807, 2.05) is 65.0 Å². The van der Waals surface area contributed by atoms with E-state index in [4.69, 9.17) is 0 Å². The molecule has 1 aromatic rings. The van der Waals surface area contributed by atoms with E-state index in [1.54, 1.807) is 9.80 Å². The molecule has 0 bridgehead atoms. The van der Waals surface area contributed by atoms with E-state index in [0.29, 0.717) is 32.6 Å². The monoisotopic (exact) mass is 429 g/mol. The second-order valence-corrected chi connectivity index (χ2v) is 9.83. The van der Waals surface area contributed by atoms with Gasteiger partial charge in [-0.25, -0.2) is 4.79 Å². The zero-order valence-electron chi connectivity index (χ0n) is 19.3. The minimum absolute atomic E-state index is 0.0222. The molecule has 2 saturated heterocycles. The van der Waals surface area contributed by atoms with Crippen LogP contribution in [0.1, 0.15) is 47.5 Å². The lowest BCUT2D eigenvalue weighted by Gasteiger charge is -2.43. The number of rotatable bonds is 4. The van der Waals surface area contributed by atoms with Gasteiger partial charge in [0.25, 0.3) is 5.91 Å². The lowest BCUT2D eigenvalue weighted by atomic mass is 9.85. The molecule has 2 aliphatic heterocycles. The molecule has 2 N–H and O–H groups in total. The van der Waals surface area contributed by atoms with Crippen LogP contribution in [-0.2, 0) is 9.59 Å². The Kier molecular flexibility index (Phi) is 6.48. The molecular formula is C23H35N5O3. The highest BCUT2D eigenvalue weighted by molar-refractivity contribution is 5.96. The van der Waals surface area contributed by atoms with Crippen LogP contribution in [0.2, 0.25) is 0 Å². The first kappa shape index (κ1) is 22.9. The maximum absolute atomic E-state index is 13.6. The van der Waals surface area contributed by atoms with Crippen LogP contribution in [0.15, 0.2) is 30.3 Å². The second-order valence-electron chi connectivity index (χ2n) is 9.83. The fourth-order valence-corrected chi connectivity index (χ4v) is 4.34. The van der Waals surface area contributed by atoms with Gasteiger partial charge in [-0.05, 0) is 59.6 Å². The molecule has 2 fully saturated rings. The third-order valence-electron chi connectivity index (χ3n) is 5.73. The average Bonchev–Trinajstić information content (AvgIpc) is 2.93. The number of para-hydroxylation sites is 1. The molecule has 0 aliphatic carbocycles. The number of hydrogen-bond donors (Lipinski definition) is 2. The van der Waals surface area contributed by atoms with Gasteiger partial charge in [-0.15, -0.1) is 0 Å². The van der Waals surface area contributed by atoms with Crippen LogP contribution >= 0.6 is 0 Å². The van der Waals surface area contributed by atoms with Crippen LogP contribution in [0.5, 0.6) is 0 Å². The normalized spacial score (nSPS) is 18.6. The molecule has 0 saturated carbocycles. The first-order chi connectivity index (χ1) is 14.5.